The molecule has 8 heteroatoms. The van der Waals surface area contributed by atoms with Gasteiger partial charge in [-0.1, -0.05) is 23.7 Å². The van der Waals surface area contributed by atoms with Crippen LogP contribution in [0.3, 0.4) is 0 Å². The van der Waals surface area contributed by atoms with E-state index >= 15 is 0 Å². The van der Waals surface area contributed by atoms with Gasteiger partial charge in [0.2, 0.25) is 0 Å². The van der Waals surface area contributed by atoms with Crippen LogP contribution in [-0.4, -0.2) is 17.5 Å². The molecule has 0 aliphatic carbocycles. The third-order valence-electron chi connectivity index (χ3n) is 3.23. The lowest BCUT2D eigenvalue weighted by Gasteiger charge is -2.15. The van der Waals surface area contributed by atoms with E-state index in [-0.39, 0.29) is 23.7 Å². The molecule has 2 rings (SSSR count). The maximum Gasteiger partial charge on any atom is 0.277 e. The minimum Gasteiger partial charge on any atom is -0.337 e. The number of rotatable bonds is 6. The van der Waals surface area contributed by atoms with Crippen LogP contribution in [0.5, 0.6) is 0 Å². The average molecular weight is 368 g/mol. The Labute approximate surface area is 148 Å². The topological polar surface area (TPSA) is 63.2 Å². The molecule has 25 heavy (non-hydrogen) atoms. The second kappa shape index (κ2) is 8.04. The molecule has 2 N–H and O–H groups in total. The number of halogens is 3. The molecule has 5 nitrogen and oxygen atoms in total. The van der Waals surface area contributed by atoms with Crippen molar-refractivity contribution in [3.63, 3.8) is 0 Å². The van der Waals surface area contributed by atoms with Crippen molar-refractivity contribution >= 4 is 29.0 Å². The Hall–Kier alpha value is -2.51. The van der Waals surface area contributed by atoms with Crippen LogP contribution in [0.2, 0.25) is 5.02 Å². The summed E-state index contributed by atoms with van der Waals surface area (Å²) in [4.78, 5) is 21.2. The van der Waals surface area contributed by atoms with Crippen LogP contribution in [0.4, 0.5) is 20.3 Å². The van der Waals surface area contributed by atoms with Crippen LogP contribution in [-0.2, 0) is 4.84 Å². The molecule has 0 unspecified atom stereocenters. The van der Waals surface area contributed by atoms with Crippen molar-refractivity contribution in [2.45, 2.75) is 13.8 Å². The third-order valence-corrected chi connectivity index (χ3v) is 3.51. The van der Waals surface area contributed by atoms with E-state index in [1.807, 2.05) is 13.0 Å². The van der Waals surface area contributed by atoms with Crippen molar-refractivity contribution in [2.75, 3.05) is 11.9 Å². The highest BCUT2D eigenvalue weighted by Gasteiger charge is 2.23. The van der Waals surface area contributed by atoms with Gasteiger partial charge in [-0.2, -0.15) is 0 Å². The third kappa shape index (κ3) is 4.32. The van der Waals surface area contributed by atoms with E-state index in [1.165, 1.54) is 6.08 Å². The monoisotopic (exact) mass is 367 g/mol. The van der Waals surface area contributed by atoms with E-state index in [0.29, 0.717) is 5.56 Å². The van der Waals surface area contributed by atoms with E-state index in [1.54, 1.807) is 13.1 Å². The van der Waals surface area contributed by atoms with Gasteiger partial charge in [0, 0.05) is 6.20 Å². The smallest absolute Gasteiger partial charge is 0.277 e. The zero-order valence-corrected chi connectivity index (χ0v) is 14.4. The van der Waals surface area contributed by atoms with Crippen molar-refractivity contribution in [3.05, 3.63) is 64.3 Å². The molecule has 0 atom stereocenters. The average Bonchev–Trinajstić information content (AvgIpc) is 2.57. The molecule has 0 radical (unpaired) electrons. The first-order chi connectivity index (χ1) is 11.8. The fraction of sp³-hybridized carbons (Fsp3) is 0.176. The quantitative estimate of drug-likeness (QED) is 0.347. The number of carbonyl (C=O) groups is 1. The first-order valence-electron chi connectivity index (χ1n) is 7.26. The Kier molecular flexibility index (Phi) is 6.06. The molecule has 1 heterocycles. The number of hydrogen-bond donors (Lipinski definition) is 2. The molecule has 1 aromatic carbocycles. The molecule has 0 saturated heterocycles. The summed E-state index contributed by atoms with van der Waals surface area (Å²) in [6.07, 6.45) is 2.98. The van der Waals surface area contributed by atoms with Crippen LogP contribution in [0.25, 0.3) is 0 Å². The van der Waals surface area contributed by atoms with Crippen LogP contribution in [0.1, 0.15) is 21.5 Å². The summed E-state index contributed by atoms with van der Waals surface area (Å²) in [7, 11) is 0. The van der Waals surface area contributed by atoms with Gasteiger partial charge in [-0.15, -0.1) is 6.58 Å². The van der Waals surface area contributed by atoms with Crippen LogP contribution in [0, 0.1) is 25.5 Å². The van der Waals surface area contributed by atoms with Gasteiger partial charge in [0.05, 0.1) is 22.9 Å². The number of amides is 1. The summed E-state index contributed by atoms with van der Waals surface area (Å²) in [5.74, 6) is -3.07. The SMILES string of the molecule is C=CCONC(=O)c1cc(Cl)c(F)c(F)c1Nc1ncc(C)cc1C. The van der Waals surface area contributed by atoms with Crippen LogP contribution in [0.15, 0.2) is 31.0 Å². The number of anilines is 2. The molecule has 0 aliphatic heterocycles. The predicted octanol–water partition coefficient (Wildman–Crippen LogP) is 4.22. The minimum absolute atomic E-state index is 0.0462. The standard InChI is InChI=1S/C17H16ClF2N3O2/c1-4-5-25-23-17(24)11-7-12(18)13(19)14(20)15(11)22-16-10(3)6-9(2)8-21-16/h4,6-8H,1,5H2,2-3H3,(H,21,22)(H,23,24). The van der Waals surface area contributed by atoms with Gasteiger partial charge in [-0.05, 0) is 31.0 Å². The first kappa shape index (κ1) is 18.8. The first-order valence-corrected chi connectivity index (χ1v) is 7.63. The highest BCUT2D eigenvalue weighted by Crippen LogP contribution is 2.31. The van der Waals surface area contributed by atoms with Gasteiger partial charge < -0.3 is 5.32 Å². The van der Waals surface area contributed by atoms with E-state index in [4.69, 9.17) is 16.4 Å². The van der Waals surface area contributed by atoms with Crippen molar-refractivity contribution in [3.8, 4) is 0 Å². The number of aryl methyl sites for hydroxylation is 2. The number of pyridine rings is 1. The Morgan fingerprint density at radius 1 is 1.36 bits per heavy atom. The molecule has 0 saturated carbocycles. The van der Waals surface area contributed by atoms with Crippen LogP contribution >= 0.6 is 11.6 Å². The van der Waals surface area contributed by atoms with E-state index in [9.17, 15) is 13.6 Å². The predicted molar refractivity (Wildman–Crippen MR) is 92.0 cm³/mol. The van der Waals surface area contributed by atoms with Crippen molar-refractivity contribution in [2.24, 2.45) is 0 Å². The summed E-state index contributed by atoms with van der Waals surface area (Å²) in [6.45, 7) is 7.08. The lowest BCUT2D eigenvalue weighted by Crippen LogP contribution is -2.25. The molecule has 132 valence electrons. The summed E-state index contributed by atoms with van der Waals surface area (Å²) in [6, 6.07) is 2.82. The van der Waals surface area contributed by atoms with Gasteiger partial charge in [0.25, 0.3) is 5.91 Å². The maximum atomic E-state index is 14.4. The molecular formula is C17H16ClF2N3O2. The van der Waals surface area contributed by atoms with Gasteiger partial charge in [-0.25, -0.2) is 19.2 Å². The second-order valence-electron chi connectivity index (χ2n) is 5.24. The fourth-order valence-corrected chi connectivity index (χ4v) is 2.27. The van der Waals surface area contributed by atoms with E-state index in [2.05, 4.69) is 22.4 Å². The minimum atomic E-state index is -1.29. The molecule has 0 fully saturated rings. The van der Waals surface area contributed by atoms with Gasteiger partial charge in [0.15, 0.2) is 11.6 Å². The zero-order valence-electron chi connectivity index (χ0n) is 13.6. The lowest BCUT2D eigenvalue weighted by atomic mass is 10.1. The molecule has 0 aliphatic rings. The summed E-state index contributed by atoms with van der Waals surface area (Å²) >= 11 is 5.66. The normalized spacial score (nSPS) is 10.4. The van der Waals surface area contributed by atoms with Gasteiger partial charge >= 0.3 is 0 Å². The number of aromatic nitrogens is 1. The number of carbonyl (C=O) groups excluding carboxylic acids is 1. The molecule has 2 aromatic rings. The molecule has 0 bridgehead atoms. The van der Waals surface area contributed by atoms with E-state index < -0.39 is 22.6 Å². The van der Waals surface area contributed by atoms with Crippen molar-refractivity contribution in [1.82, 2.24) is 10.5 Å². The molecular weight excluding hydrogens is 352 g/mol. The number of nitrogens with one attached hydrogen (secondary N) is 2. The highest BCUT2D eigenvalue weighted by molar-refractivity contribution is 6.31. The number of hydroxylamine groups is 1. The largest absolute Gasteiger partial charge is 0.337 e. The summed E-state index contributed by atoms with van der Waals surface area (Å²) in [5, 5.41) is 2.13. The molecule has 1 amide bonds. The Bertz CT molecular complexity index is 828. The Balaban J connectivity index is 2.45. The zero-order chi connectivity index (χ0) is 18.6. The van der Waals surface area contributed by atoms with Crippen molar-refractivity contribution < 1.29 is 18.4 Å². The summed E-state index contributed by atoms with van der Waals surface area (Å²) in [5.41, 5.74) is 3.09. The molecule has 1 aromatic heterocycles. The van der Waals surface area contributed by atoms with Gasteiger partial charge in [0.1, 0.15) is 5.82 Å². The maximum absolute atomic E-state index is 14.4. The number of nitrogens with zero attached hydrogens (tertiary/aromatic N) is 1. The number of hydrogen-bond acceptors (Lipinski definition) is 4. The Morgan fingerprint density at radius 3 is 2.72 bits per heavy atom. The second-order valence-corrected chi connectivity index (χ2v) is 5.65. The Morgan fingerprint density at radius 2 is 2.08 bits per heavy atom. The van der Waals surface area contributed by atoms with E-state index in [0.717, 1.165) is 11.6 Å². The van der Waals surface area contributed by atoms with Crippen LogP contribution < -0.4 is 10.8 Å². The molecule has 0 spiro atoms. The fourth-order valence-electron chi connectivity index (χ4n) is 2.08. The summed E-state index contributed by atoms with van der Waals surface area (Å²) < 4.78 is 28.2. The van der Waals surface area contributed by atoms with Gasteiger partial charge in [-0.3, -0.25) is 9.63 Å². The number of benzene rings is 1. The lowest BCUT2D eigenvalue weighted by molar-refractivity contribution is 0.0422. The highest BCUT2D eigenvalue weighted by atomic mass is 35.5. The van der Waals surface area contributed by atoms with Crippen molar-refractivity contribution in [1.29, 1.82) is 0 Å².